The highest BCUT2D eigenvalue weighted by Gasteiger charge is 2.13. The minimum atomic E-state index is -0.618. The number of rotatable bonds is 0. The topological polar surface area (TPSA) is 12.9 Å². The van der Waals surface area contributed by atoms with Crippen LogP contribution in [0.15, 0.2) is 12.1 Å². The van der Waals surface area contributed by atoms with E-state index in [-0.39, 0.29) is 19.3 Å². The molecule has 2 rings (SSSR count). The number of hydrogen-bond donors (Lipinski definition) is 0. The number of aromatic nitrogens is 1. The molecule has 0 saturated heterocycles. The maximum Gasteiger partial charge on any atom is 0.174 e. The number of pyridine rings is 1. The summed E-state index contributed by atoms with van der Waals surface area (Å²) in [5.74, 6) is -1.22. The highest BCUT2D eigenvalue weighted by molar-refractivity contribution is 14.1. The minimum Gasteiger partial charge on any atom is -0.239 e. The summed E-state index contributed by atoms with van der Waals surface area (Å²) >= 11 is 13.0. The fraction of sp³-hybridized carbons (Fsp3) is 0. The molecule has 0 radical (unpaired) electrons. The van der Waals surface area contributed by atoms with Crippen molar-refractivity contribution in [3.63, 3.8) is 0 Å². The number of halogens is 5. The van der Waals surface area contributed by atoms with E-state index in [9.17, 15) is 8.78 Å². The maximum atomic E-state index is 13.4. The van der Waals surface area contributed by atoms with Crippen molar-refractivity contribution in [1.29, 1.82) is 0 Å². The lowest BCUT2D eigenvalue weighted by atomic mass is 10.2. The standard InChI is InChI=1S/C9H2Cl2F2IN/c10-4-1-3-6(2-5(4)12)15-9(14)8(13)7(3)11/h1-2H. The Morgan fingerprint density at radius 2 is 1.87 bits per heavy atom. The predicted molar refractivity (Wildman–Crippen MR) is 64.4 cm³/mol. The lowest BCUT2D eigenvalue weighted by Gasteiger charge is -2.04. The summed E-state index contributed by atoms with van der Waals surface area (Å²) in [6.07, 6.45) is 0. The zero-order chi connectivity index (χ0) is 11.2. The minimum absolute atomic E-state index is 0.0914. The first kappa shape index (κ1) is 11.3. The molecule has 78 valence electrons. The van der Waals surface area contributed by atoms with Crippen molar-refractivity contribution in [3.05, 3.63) is 37.5 Å². The van der Waals surface area contributed by atoms with Crippen molar-refractivity contribution in [3.8, 4) is 0 Å². The van der Waals surface area contributed by atoms with Gasteiger partial charge in [0.15, 0.2) is 5.82 Å². The Bertz CT molecular complexity index is 554. The van der Waals surface area contributed by atoms with Crippen LogP contribution in [0.3, 0.4) is 0 Å². The van der Waals surface area contributed by atoms with Gasteiger partial charge in [0.25, 0.3) is 0 Å². The van der Waals surface area contributed by atoms with Gasteiger partial charge >= 0.3 is 0 Å². The summed E-state index contributed by atoms with van der Waals surface area (Å²) in [6.45, 7) is 0. The molecule has 1 nitrogen and oxygen atoms in total. The van der Waals surface area contributed by atoms with E-state index in [1.54, 1.807) is 22.6 Å². The molecule has 6 heteroatoms. The Hall–Kier alpha value is -0.200. The summed E-state index contributed by atoms with van der Waals surface area (Å²) in [4.78, 5) is 3.87. The van der Waals surface area contributed by atoms with Gasteiger partial charge in [-0.15, -0.1) is 0 Å². The molecule has 15 heavy (non-hydrogen) atoms. The van der Waals surface area contributed by atoms with E-state index < -0.39 is 11.6 Å². The van der Waals surface area contributed by atoms with Crippen LogP contribution < -0.4 is 0 Å². The Labute approximate surface area is 108 Å². The molecular formula is C9H2Cl2F2IN. The van der Waals surface area contributed by atoms with Gasteiger partial charge in [0.05, 0.1) is 15.6 Å². The summed E-state index contributed by atoms with van der Waals surface area (Å²) in [6, 6.07) is 2.39. The molecule has 0 fully saturated rings. The largest absolute Gasteiger partial charge is 0.239 e. The van der Waals surface area contributed by atoms with Gasteiger partial charge < -0.3 is 0 Å². The van der Waals surface area contributed by atoms with E-state index in [0.717, 1.165) is 6.07 Å². The fourth-order valence-electron chi connectivity index (χ4n) is 1.17. The predicted octanol–water partition coefficient (Wildman–Crippen LogP) is 4.42. The fourth-order valence-corrected chi connectivity index (χ4v) is 2.26. The van der Waals surface area contributed by atoms with Crippen LogP contribution in [-0.2, 0) is 0 Å². The molecule has 0 spiro atoms. The van der Waals surface area contributed by atoms with Gasteiger partial charge in [0.2, 0.25) is 0 Å². The second-order valence-electron chi connectivity index (χ2n) is 2.81. The zero-order valence-electron chi connectivity index (χ0n) is 6.99. The smallest absolute Gasteiger partial charge is 0.174 e. The molecule has 1 aromatic heterocycles. The second kappa shape index (κ2) is 3.99. The molecule has 0 N–H and O–H groups in total. The van der Waals surface area contributed by atoms with E-state index in [1.807, 2.05) is 0 Å². The van der Waals surface area contributed by atoms with Crippen LogP contribution >= 0.6 is 45.8 Å². The Kier molecular flexibility index (Phi) is 3.00. The molecule has 0 atom stereocenters. The number of benzene rings is 1. The van der Waals surface area contributed by atoms with Crippen LogP contribution in [-0.4, -0.2) is 4.98 Å². The molecule has 0 unspecified atom stereocenters. The highest BCUT2D eigenvalue weighted by atomic mass is 127. The first-order chi connectivity index (χ1) is 7.00. The number of hydrogen-bond acceptors (Lipinski definition) is 1. The molecule has 2 aromatic rings. The number of fused-ring (bicyclic) bond motifs is 1. The lowest BCUT2D eigenvalue weighted by molar-refractivity contribution is 0.614. The summed E-state index contributed by atoms with van der Waals surface area (Å²) in [5, 5.41) is 0.110. The molecule has 0 aliphatic rings. The average molecular weight is 360 g/mol. The van der Waals surface area contributed by atoms with Crippen LogP contribution in [0.4, 0.5) is 8.78 Å². The second-order valence-corrected chi connectivity index (χ2v) is 4.62. The average Bonchev–Trinajstić information content (AvgIpc) is 2.19. The Morgan fingerprint density at radius 1 is 1.20 bits per heavy atom. The SMILES string of the molecule is Fc1cc2nc(I)c(F)c(Cl)c2cc1Cl. The van der Waals surface area contributed by atoms with Crippen LogP contribution in [0.2, 0.25) is 10.0 Å². The molecule has 0 bridgehead atoms. The van der Waals surface area contributed by atoms with Crippen LogP contribution in [0, 0.1) is 15.3 Å². The van der Waals surface area contributed by atoms with Crippen molar-refractivity contribution in [1.82, 2.24) is 4.98 Å². The summed E-state index contributed by atoms with van der Waals surface area (Å²) in [7, 11) is 0. The van der Waals surface area contributed by atoms with E-state index in [4.69, 9.17) is 23.2 Å². The van der Waals surface area contributed by atoms with Gasteiger partial charge in [-0.2, -0.15) is 0 Å². The maximum absolute atomic E-state index is 13.4. The van der Waals surface area contributed by atoms with E-state index >= 15 is 0 Å². The number of nitrogens with zero attached hydrogens (tertiary/aromatic N) is 1. The van der Waals surface area contributed by atoms with Crippen LogP contribution in [0.1, 0.15) is 0 Å². The Balaban J connectivity index is 2.93. The first-order valence-electron chi connectivity index (χ1n) is 3.80. The molecule has 0 amide bonds. The third-order valence-electron chi connectivity index (χ3n) is 1.87. The van der Waals surface area contributed by atoms with Crippen LogP contribution in [0.25, 0.3) is 10.9 Å². The monoisotopic (exact) mass is 359 g/mol. The summed E-state index contributed by atoms with van der Waals surface area (Å²) in [5.41, 5.74) is 0.285. The molecule has 0 aliphatic heterocycles. The molecule has 0 aliphatic carbocycles. The van der Waals surface area contributed by atoms with E-state index in [0.29, 0.717) is 5.39 Å². The van der Waals surface area contributed by atoms with Crippen molar-refractivity contribution in [2.75, 3.05) is 0 Å². The molecule has 1 heterocycles. The third-order valence-corrected chi connectivity index (χ3v) is 3.24. The van der Waals surface area contributed by atoms with E-state index in [1.165, 1.54) is 6.07 Å². The van der Waals surface area contributed by atoms with Crippen molar-refractivity contribution >= 4 is 56.7 Å². The van der Waals surface area contributed by atoms with Gasteiger partial charge in [-0.05, 0) is 28.7 Å². The summed E-state index contributed by atoms with van der Waals surface area (Å²) < 4.78 is 26.6. The zero-order valence-corrected chi connectivity index (χ0v) is 10.7. The highest BCUT2D eigenvalue weighted by Crippen LogP contribution is 2.30. The molecular weight excluding hydrogens is 358 g/mol. The van der Waals surface area contributed by atoms with Crippen molar-refractivity contribution in [2.24, 2.45) is 0 Å². The van der Waals surface area contributed by atoms with Crippen LogP contribution in [0.5, 0.6) is 0 Å². The first-order valence-corrected chi connectivity index (χ1v) is 5.63. The van der Waals surface area contributed by atoms with Crippen molar-refractivity contribution in [2.45, 2.75) is 0 Å². The van der Waals surface area contributed by atoms with Gasteiger partial charge in [0, 0.05) is 11.5 Å². The van der Waals surface area contributed by atoms with Gasteiger partial charge in [-0.25, -0.2) is 13.8 Å². The normalized spacial score (nSPS) is 11.0. The Morgan fingerprint density at radius 3 is 2.53 bits per heavy atom. The van der Waals surface area contributed by atoms with E-state index in [2.05, 4.69) is 4.98 Å². The van der Waals surface area contributed by atoms with Gasteiger partial charge in [0.1, 0.15) is 9.52 Å². The third kappa shape index (κ3) is 1.90. The van der Waals surface area contributed by atoms with Crippen molar-refractivity contribution < 1.29 is 8.78 Å². The van der Waals surface area contributed by atoms with Gasteiger partial charge in [-0.3, -0.25) is 0 Å². The molecule has 0 saturated carbocycles. The quantitative estimate of drug-likeness (QED) is 0.501. The van der Waals surface area contributed by atoms with Gasteiger partial charge in [-0.1, -0.05) is 23.2 Å². The lowest BCUT2D eigenvalue weighted by Crippen LogP contribution is -1.92. The molecule has 1 aromatic carbocycles.